The molecule has 170 valence electrons. The summed E-state index contributed by atoms with van der Waals surface area (Å²) in [6.45, 7) is 7.16. The Hall–Kier alpha value is -2.26. The van der Waals surface area contributed by atoms with Crippen molar-refractivity contribution in [3.63, 3.8) is 0 Å². The summed E-state index contributed by atoms with van der Waals surface area (Å²) in [6, 6.07) is 0. The molecule has 1 aliphatic carbocycles. The summed E-state index contributed by atoms with van der Waals surface area (Å²) in [5.74, 6) is 0.781. The molecule has 0 aliphatic heterocycles. The van der Waals surface area contributed by atoms with Crippen molar-refractivity contribution in [2.45, 2.75) is 71.1 Å². The van der Waals surface area contributed by atoms with Gasteiger partial charge < -0.3 is 19.9 Å². The summed E-state index contributed by atoms with van der Waals surface area (Å²) >= 11 is 1.52. The molecule has 0 radical (unpaired) electrons. The molecule has 2 aromatic rings. The molecule has 0 aromatic carbocycles. The predicted octanol–water partition coefficient (Wildman–Crippen LogP) is 3.65. The third kappa shape index (κ3) is 6.13. The molecule has 3 rings (SSSR count). The number of aryl methyl sites for hydroxylation is 2. The quantitative estimate of drug-likeness (QED) is 0.567. The molecule has 0 saturated heterocycles. The van der Waals surface area contributed by atoms with Crippen LogP contribution < -0.4 is 10.6 Å². The van der Waals surface area contributed by atoms with Crippen molar-refractivity contribution < 1.29 is 18.8 Å². The third-order valence-corrected chi connectivity index (χ3v) is 6.37. The van der Waals surface area contributed by atoms with Crippen molar-refractivity contribution in [2.24, 2.45) is 0 Å². The summed E-state index contributed by atoms with van der Waals surface area (Å²) < 4.78 is 10.3. The molecule has 0 atom stereocenters. The first-order valence-electron chi connectivity index (χ1n) is 10.8. The zero-order chi connectivity index (χ0) is 22.4. The summed E-state index contributed by atoms with van der Waals surface area (Å²) in [5, 5.41) is 10.6. The molecule has 2 N–H and O–H groups in total. The number of hydrogen-bond donors (Lipinski definition) is 2. The molecule has 9 heteroatoms. The fourth-order valence-electron chi connectivity index (χ4n) is 3.47. The normalized spacial score (nSPS) is 13.7. The fraction of sp³-hybridized carbons (Fsp3) is 0.636. The van der Waals surface area contributed by atoms with Gasteiger partial charge in [0, 0.05) is 43.4 Å². The highest BCUT2D eigenvalue weighted by Gasteiger charge is 2.26. The third-order valence-electron chi connectivity index (χ3n) is 5.17. The highest BCUT2D eigenvalue weighted by atomic mass is 32.1. The van der Waals surface area contributed by atoms with Crippen molar-refractivity contribution in [3.05, 3.63) is 27.7 Å². The number of carbonyl (C=O) groups excluding carboxylic acids is 2. The molecule has 0 spiro atoms. The second kappa shape index (κ2) is 10.4. The topological polar surface area (TPSA) is 106 Å². The molecule has 1 aliphatic rings. The number of amides is 2. The molecule has 8 nitrogen and oxygen atoms in total. The summed E-state index contributed by atoms with van der Waals surface area (Å²) in [6.07, 6.45) is 5.33. The maximum Gasteiger partial charge on any atom is 0.254 e. The standard InChI is InChI=1S/C22H32N4O4S/c1-22(2,3)21-25-17(30-26-21)11-10-16(27)24-20-18(19(28)23-12-7-13-29-4)14-8-5-6-9-15(14)31-20/h5-13H2,1-4H3,(H,23,28)(H,24,27). The lowest BCUT2D eigenvalue weighted by molar-refractivity contribution is -0.116. The van der Waals surface area contributed by atoms with Gasteiger partial charge in [-0.15, -0.1) is 11.3 Å². The Balaban J connectivity index is 1.65. The van der Waals surface area contributed by atoms with Crippen LogP contribution in [0.15, 0.2) is 4.52 Å². The highest BCUT2D eigenvalue weighted by Crippen LogP contribution is 2.38. The Morgan fingerprint density at radius 3 is 2.71 bits per heavy atom. The van der Waals surface area contributed by atoms with E-state index in [9.17, 15) is 9.59 Å². The van der Waals surface area contributed by atoms with Gasteiger partial charge in [-0.1, -0.05) is 25.9 Å². The number of anilines is 1. The van der Waals surface area contributed by atoms with Gasteiger partial charge in [-0.2, -0.15) is 4.98 Å². The van der Waals surface area contributed by atoms with E-state index >= 15 is 0 Å². The maximum atomic E-state index is 12.9. The Morgan fingerprint density at radius 1 is 1.23 bits per heavy atom. The van der Waals surface area contributed by atoms with Crippen LogP contribution in [0.3, 0.4) is 0 Å². The van der Waals surface area contributed by atoms with Gasteiger partial charge in [0.25, 0.3) is 5.91 Å². The summed E-state index contributed by atoms with van der Waals surface area (Å²) in [4.78, 5) is 31.1. The molecular weight excluding hydrogens is 416 g/mol. The van der Waals surface area contributed by atoms with Crippen LogP contribution in [0.25, 0.3) is 0 Å². The minimum atomic E-state index is -0.203. The maximum absolute atomic E-state index is 12.9. The van der Waals surface area contributed by atoms with Gasteiger partial charge in [-0.25, -0.2) is 0 Å². The van der Waals surface area contributed by atoms with E-state index in [2.05, 4.69) is 20.8 Å². The molecule has 2 amide bonds. The molecule has 2 heterocycles. The predicted molar refractivity (Wildman–Crippen MR) is 120 cm³/mol. The Morgan fingerprint density at radius 2 is 2.00 bits per heavy atom. The number of nitrogens with zero attached hydrogens (tertiary/aromatic N) is 2. The van der Waals surface area contributed by atoms with Gasteiger partial charge in [0.2, 0.25) is 11.8 Å². The minimum Gasteiger partial charge on any atom is -0.385 e. The lowest BCUT2D eigenvalue weighted by atomic mass is 9.95. The van der Waals surface area contributed by atoms with Gasteiger partial charge in [0.1, 0.15) is 5.00 Å². The number of ether oxygens (including phenoxy) is 1. The zero-order valence-corrected chi connectivity index (χ0v) is 19.6. The number of thiophene rings is 1. The van der Waals surface area contributed by atoms with E-state index in [0.717, 1.165) is 37.7 Å². The van der Waals surface area contributed by atoms with Crippen LogP contribution in [0.1, 0.15) is 79.0 Å². The van der Waals surface area contributed by atoms with E-state index in [1.165, 1.54) is 16.2 Å². The number of methoxy groups -OCH3 is 1. The molecule has 31 heavy (non-hydrogen) atoms. The molecule has 0 saturated carbocycles. The largest absolute Gasteiger partial charge is 0.385 e. The highest BCUT2D eigenvalue weighted by molar-refractivity contribution is 7.17. The van der Waals surface area contributed by atoms with Crippen LogP contribution in [-0.4, -0.2) is 42.2 Å². The smallest absolute Gasteiger partial charge is 0.254 e. The van der Waals surface area contributed by atoms with E-state index in [0.29, 0.717) is 41.9 Å². The Bertz CT molecular complexity index is 913. The van der Waals surface area contributed by atoms with E-state index in [1.54, 1.807) is 7.11 Å². The van der Waals surface area contributed by atoms with Crippen LogP contribution in [0, 0.1) is 0 Å². The fourth-order valence-corrected chi connectivity index (χ4v) is 4.77. The van der Waals surface area contributed by atoms with E-state index < -0.39 is 0 Å². The lowest BCUT2D eigenvalue weighted by Gasteiger charge is -2.13. The number of nitrogens with one attached hydrogen (secondary N) is 2. The van der Waals surface area contributed by atoms with E-state index in [1.807, 2.05) is 20.8 Å². The van der Waals surface area contributed by atoms with Crippen molar-refractivity contribution >= 4 is 28.2 Å². The number of fused-ring (bicyclic) bond motifs is 1. The van der Waals surface area contributed by atoms with Gasteiger partial charge >= 0.3 is 0 Å². The number of aromatic nitrogens is 2. The van der Waals surface area contributed by atoms with Crippen LogP contribution in [0.2, 0.25) is 0 Å². The summed E-state index contributed by atoms with van der Waals surface area (Å²) in [7, 11) is 1.64. The second-order valence-corrected chi connectivity index (χ2v) is 9.93. The first-order chi connectivity index (χ1) is 14.8. The lowest BCUT2D eigenvalue weighted by Crippen LogP contribution is -2.27. The van der Waals surface area contributed by atoms with Crippen LogP contribution >= 0.6 is 11.3 Å². The Kier molecular flexibility index (Phi) is 7.83. The summed E-state index contributed by atoms with van der Waals surface area (Å²) in [5.41, 5.74) is 1.51. The zero-order valence-electron chi connectivity index (χ0n) is 18.8. The first-order valence-corrected chi connectivity index (χ1v) is 11.7. The van der Waals surface area contributed by atoms with Crippen molar-refractivity contribution in [3.8, 4) is 0 Å². The van der Waals surface area contributed by atoms with Gasteiger partial charge in [-0.3, -0.25) is 9.59 Å². The average molecular weight is 449 g/mol. The Labute approximate surface area is 187 Å². The van der Waals surface area contributed by atoms with Gasteiger partial charge in [-0.05, 0) is 37.7 Å². The van der Waals surface area contributed by atoms with Gasteiger partial charge in [0.05, 0.1) is 5.56 Å². The second-order valence-electron chi connectivity index (χ2n) is 8.83. The first kappa shape index (κ1) is 23.4. The monoisotopic (exact) mass is 448 g/mol. The van der Waals surface area contributed by atoms with Crippen molar-refractivity contribution in [1.82, 2.24) is 15.5 Å². The number of carbonyl (C=O) groups is 2. The molecular formula is C22H32N4O4S. The average Bonchev–Trinajstić information content (AvgIpc) is 3.34. The van der Waals surface area contributed by atoms with E-state index in [4.69, 9.17) is 9.26 Å². The molecule has 0 bridgehead atoms. The van der Waals surface area contributed by atoms with Crippen LogP contribution in [0.4, 0.5) is 5.00 Å². The molecule has 0 fully saturated rings. The molecule has 0 unspecified atom stereocenters. The minimum absolute atomic E-state index is 0.127. The SMILES string of the molecule is COCCCNC(=O)c1c(NC(=O)CCc2nc(C(C)(C)C)no2)sc2c1CCCC2. The van der Waals surface area contributed by atoms with Gasteiger partial charge in [0.15, 0.2) is 5.82 Å². The molecule has 2 aromatic heterocycles. The van der Waals surface area contributed by atoms with Crippen LogP contribution in [0.5, 0.6) is 0 Å². The number of rotatable bonds is 9. The van der Waals surface area contributed by atoms with Crippen molar-refractivity contribution in [1.29, 1.82) is 0 Å². The van der Waals surface area contributed by atoms with Crippen molar-refractivity contribution in [2.75, 3.05) is 25.6 Å². The van der Waals surface area contributed by atoms with E-state index in [-0.39, 0.29) is 23.7 Å². The van der Waals surface area contributed by atoms with Crippen LogP contribution in [-0.2, 0) is 34.2 Å². The number of hydrogen-bond acceptors (Lipinski definition) is 7.